The zero-order valence-electron chi connectivity index (χ0n) is 19.1. The lowest BCUT2D eigenvalue weighted by molar-refractivity contribution is 0.178. The van der Waals surface area contributed by atoms with Crippen LogP contribution in [-0.4, -0.2) is 73.1 Å². The molecule has 1 aromatic carbocycles. The quantitative estimate of drug-likeness (QED) is 0.554. The first kappa shape index (κ1) is 22.5. The number of aliphatic imine (C=N–C) groups is 1. The smallest absolute Gasteiger partial charge is 0.194 e. The number of likely N-dealkylation sites (tertiary alicyclic amines) is 1. The number of piperazine rings is 1. The highest BCUT2D eigenvalue weighted by atomic mass is 19.1. The molecule has 2 aromatic rings. The molecular formula is C25H35FN6. The fraction of sp³-hybridized carbons (Fsp3) is 0.520. The Morgan fingerprint density at radius 3 is 2.47 bits per heavy atom. The molecule has 2 saturated heterocycles. The Morgan fingerprint density at radius 1 is 1.03 bits per heavy atom. The van der Waals surface area contributed by atoms with Crippen molar-refractivity contribution in [2.24, 2.45) is 10.9 Å². The van der Waals surface area contributed by atoms with Gasteiger partial charge in [0.25, 0.3) is 0 Å². The number of hydrogen-bond donors (Lipinski definition) is 1. The fourth-order valence-electron chi connectivity index (χ4n) is 4.52. The van der Waals surface area contributed by atoms with Gasteiger partial charge in [-0.1, -0.05) is 24.3 Å². The molecule has 2 fully saturated rings. The standard InChI is InChI=1S/C25H35FN6/c1-2-27-25(32-17-15-31(16-18-32)24-9-5-6-12-28-24)29-19-21-10-13-30(14-11-21)20-22-7-3-4-8-23(22)26/h3-9,12,21H,2,10-11,13-20H2,1H3,(H,27,29). The van der Waals surface area contributed by atoms with Gasteiger partial charge in [0.05, 0.1) is 0 Å². The van der Waals surface area contributed by atoms with Crippen molar-refractivity contribution in [2.45, 2.75) is 26.3 Å². The molecule has 0 spiro atoms. The topological polar surface area (TPSA) is 47.0 Å². The summed E-state index contributed by atoms with van der Waals surface area (Å²) < 4.78 is 13.9. The highest BCUT2D eigenvalue weighted by molar-refractivity contribution is 5.80. The molecule has 6 nitrogen and oxygen atoms in total. The second-order valence-electron chi connectivity index (χ2n) is 8.67. The van der Waals surface area contributed by atoms with Crippen LogP contribution in [0.15, 0.2) is 53.7 Å². The van der Waals surface area contributed by atoms with Gasteiger partial charge >= 0.3 is 0 Å². The molecular weight excluding hydrogens is 403 g/mol. The van der Waals surface area contributed by atoms with Gasteiger partial charge in [-0.3, -0.25) is 9.89 Å². The van der Waals surface area contributed by atoms with Crippen molar-refractivity contribution in [3.63, 3.8) is 0 Å². The molecule has 0 amide bonds. The number of benzene rings is 1. The van der Waals surface area contributed by atoms with E-state index in [9.17, 15) is 4.39 Å². The molecule has 1 N–H and O–H groups in total. The number of guanidine groups is 1. The summed E-state index contributed by atoms with van der Waals surface area (Å²) in [5, 5.41) is 3.48. The third kappa shape index (κ3) is 5.97. The molecule has 2 aliphatic heterocycles. The molecule has 3 heterocycles. The SMILES string of the molecule is CCNC(=NCC1CCN(Cc2ccccc2F)CC1)N1CCN(c2ccccn2)CC1. The summed E-state index contributed by atoms with van der Waals surface area (Å²) in [4.78, 5) is 16.6. The lowest BCUT2D eigenvalue weighted by Gasteiger charge is -2.37. The largest absolute Gasteiger partial charge is 0.357 e. The van der Waals surface area contributed by atoms with Gasteiger partial charge in [0.1, 0.15) is 11.6 Å². The van der Waals surface area contributed by atoms with Gasteiger partial charge in [-0.2, -0.15) is 0 Å². The molecule has 172 valence electrons. The number of piperidine rings is 1. The summed E-state index contributed by atoms with van der Waals surface area (Å²) in [7, 11) is 0. The van der Waals surface area contributed by atoms with Gasteiger partial charge in [-0.05, 0) is 57.0 Å². The second-order valence-corrected chi connectivity index (χ2v) is 8.67. The van der Waals surface area contributed by atoms with Crippen LogP contribution in [0.2, 0.25) is 0 Å². The van der Waals surface area contributed by atoms with Crippen molar-refractivity contribution in [3.05, 3.63) is 60.0 Å². The number of aromatic nitrogens is 1. The first-order chi connectivity index (χ1) is 15.7. The predicted octanol–water partition coefficient (Wildman–Crippen LogP) is 3.22. The maximum absolute atomic E-state index is 13.9. The molecule has 0 radical (unpaired) electrons. The molecule has 0 aliphatic carbocycles. The molecule has 0 atom stereocenters. The normalized spacial score (nSPS) is 18.8. The maximum Gasteiger partial charge on any atom is 0.194 e. The van der Waals surface area contributed by atoms with Gasteiger partial charge in [-0.15, -0.1) is 0 Å². The molecule has 0 bridgehead atoms. The van der Waals surface area contributed by atoms with Crippen molar-refractivity contribution >= 4 is 11.8 Å². The predicted molar refractivity (Wildman–Crippen MR) is 128 cm³/mol. The van der Waals surface area contributed by atoms with E-state index in [1.54, 1.807) is 12.1 Å². The Labute approximate surface area is 191 Å². The van der Waals surface area contributed by atoms with E-state index < -0.39 is 0 Å². The number of anilines is 1. The maximum atomic E-state index is 13.9. The van der Waals surface area contributed by atoms with E-state index in [1.165, 1.54) is 0 Å². The Balaban J connectivity index is 1.25. The number of hydrogen-bond acceptors (Lipinski definition) is 4. The number of nitrogens with one attached hydrogen (secondary N) is 1. The monoisotopic (exact) mass is 438 g/mol. The molecule has 7 heteroatoms. The molecule has 2 aliphatic rings. The first-order valence-electron chi connectivity index (χ1n) is 11.9. The van der Waals surface area contributed by atoms with E-state index in [-0.39, 0.29) is 5.82 Å². The van der Waals surface area contributed by atoms with E-state index in [2.05, 4.69) is 38.0 Å². The summed E-state index contributed by atoms with van der Waals surface area (Å²) in [6.45, 7) is 10.4. The van der Waals surface area contributed by atoms with Gasteiger partial charge < -0.3 is 15.1 Å². The van der Waals surface area contributed by atoms with E-state index in [1.807, 2.05) is 30.5 Å². The third-order valence-corrected chi connectivity index (χ3v) is 6.45. The number of pyridine rings is 1. The molecule has 1 aromatic heterocycles. The summed E-state index contributed by atoms with van der Waals surface area (Å²) in [5.41, 5.74) is 0.795. The van der Waals surface area contributed by atoms with Crippen LogP contribution >= 0.6 is 0 Å². The summed E-state index contributed by atoms with van der Waals surface area (Å²) in [5.74, 6) is 2.58. The van der Waals surface area contributed by atoms with Crippen LogP contribution in [0.3, 0.4) is 0 Å². The first-order valence-corrected chi connectivity index (χ1v) is 11.9. The number of halogens is 1. The minimum atomic E-state index is -0.0994. The minimum absolute atomic E-state index is 0.0994. The molecule has 0 unspecified atom stereocenters. The van der Waals surface area contributed by atoms with Crippen molar-refractivity contribution in [1.29, 1.82) is 0 Å². The van der Waals surface area contributed by atoms with Crippen LogP contribution in [0.5, 0.6) is 0 Å². The van der Waals surface area contributed by atoms with E-state index >= 15 is 0 Å². The molecule has 0 saturated carbocycles. The van der Waals surface area contributed by atoms with Crippen molar-refractivity contribution in [2.75, 3.05) is 57.3 Å². The highest BCUT2D eigenvalue weighted by Gasteiger charge is 2.23. The summed E-state index contributed by atoms with van der Waals surface area (Å²) in [6, 6.07) is 13.2. The minimum Gasteiger partial charge on any atom is -0.357 e. The zero-order chi connectivity index (χ0) is 22.2. The Hall–Kier alpha value is -2.67. The zero-order valence-corrected chi connectivity index (χ0v) is 19.1. The fourth-order valence-corrected chi connectivity index (χ4v) is 4.52. The average molecular weight is 439 g/mol. The van der Waals surface area contributed by atoms with Crippen LogP contribution in [0.4, 0.5) is 10.2 Å². The second kappa shape index (κ2) is 11.3. The van der Waals surface area contributed by atoms with Gasteiger partial charge in [-0.25, -0.2) is 9.37 Å². The highest BCUT2D eigenvalue weighted by Crippen LogP contribution is 2.20. The molecule has 4 rings (SSSR count). The van der Waals surface area contributed by atoms with E-state index in [4.69, 9.17) is 4.99 Å². The van der Waals surface area contributed by atoms with Crippen LogP contribution in [0.1, 0.15) is 25.3 Å². The average Bonchev–Trinajstić information content (AvgIpc) is 2.85. The Bertz CT molecular complexity index is 858. The van der Waals surface area contributed by atoms with Crippen molar-refractivity contribution in [3.8, 4) is 0 Å². The van der Waals surface area contributed by atoms with Crippen LogP contribution < -0.4 is 10.2 Å². The van der Waals surface area contributed by atoms with Gasteiger partial charge in [0, 0.05) is 57.6 Å². The van der Waals surface area contributed by atoms with Crippen LogP contribution in [-0.2, 0) is 6.54 Å². The van der Waals surface area contributed by atoms with Crippen LogP contribution in [0.25, 0.3) is 0 Å². The molecule has 32 heavy (non-hydrogen) atoms. The summed E-state index contributed by atoms with van der Waals surface area (Å²) >= 11 is 0. The third-order valence-electron chi connectivity index (χ3n) is 6.45. The van der Waals surface area contributed by atoms with Gasteiger partial charge in [0.2, 0.25) is 0 Å². The Morgan fingerprint density at radius 2 is 1.78 bits per heavy atom. The lowest BCUT2D eigenvalue weighted by atomic mass is 9.96. The lowest BCUT2D eigenvalue weighted by Crippen LogP contribution is -2.53. The Kier molecular flexibility index (Phi) is 7.93. The summed E-state index contributed by atoms with van der Waals surface area (Å²) in [6.07, 6.45) is 4.09. The van der Waals surface area contributed by atoms with Crippen LogP contribution in [0, 0.1) is 11.7 Å². The number of nitrogens with zero attached hydrogens (tertiary/aromatic N) is 5. The van der Waals surface area contributed by atoms with Gasteiger partial charge in [0.15, 0.2) is 5.96 Å². The van der Waals surface area contributed by atoms with E-state index in [0.29, 0.717) is 12.5 Å². The van der Waals surface area contributed by atoms with E-state index in [0.717, 1.165) is 82.5 Å². The van der Waals surface area contributed by atoms with Crippen molar-refractivity contribution in [1.82, 2.24) is 20.1 Å². The van der Waals surface area contributed by atoms with Crippen molar-refractivity contribution < 1.29 is 4.39 Å². The number of rotatable bonds is 6.